The first-order chi connectivity index (χ1) is 8.81. The molecular formula is C13H22N4S. The van der Waals surface area contributed by atoms with Gasteiger partial charge in [0.15, 0.2) is 0 Å². The molecule has 0 bridgehead atoms. The second-order valence-electron chi connectivity index (χ2n) is 4.50. The summed E-state index contributed by atoms with van der Waals surface area (Å²) in [4.78, 5) is 9.02. The van der Waals surface area contributed by atoms with E-state index in [1.54, 1.807) is 0 Å². The smallest absolute Gasteiger partial charge is 0.132 e. The Morgan fingerprint density at radius 2 is 2.17 bits per heavy atom. The minimum absolute atomic E-state index is 0.554. The first kappa shape index (κ1) is 13.5. The Morgan fingerprint density at radius 3 is 2.83 bits per heavy atom. The molecule has 0 saturated carbocycles. The number of thioether (sulfide) groups is 1. The predicted octanol–water partition coefficient (Wildman–Crippen LogP) is 2.78. The van der Waals surface area contributed by atoms with Crippen molar-refractivity contribution in [3.63, 3.8) is 0 Å². The minimum atomic E-state index is 0.554. The van der Waals surface area contributed by atoms with Crippen molar-refractivity contribution in [1.29, 1.82) is 0 Å². The maximum atomic E-state index is 4.56. The Labute approximate surface area is 113 Å². The number of nitrogens with zero attached hydrogens (tertiary/aromatic N) is 2. The summed E-state index contributed by atoms with van der Waals surface area (Å²) >= 11 is 2.03. The third-order valence-electron chi connectivity index (χ3n) is 2.96. The second kappa shape index (κ2) is 6.83. The van der Waals surface area contributed by atoms with Crippen molar-refractivity contribution in [2.24, 2.45) is 0 Å². The van der Waals surface area contributed by atoms with Crippen LogP contribution in [0.3, 0.4) is 0 Å². The minimum Gasteiger partial charge on any atom is -0.370 e. The first-order valence-electron chi connectivity index (χ1n) is 6.78. The van der Waals surface area contributed by atoms with Crippen LogP contribution in [0.2, 0.25) is 0 Å². The van der Waals surface area contributed by atoms with Crippen LogP contribution in [0.4, 0.5) is 11.6 Å². The highest BCUT2D eigenvalue weighted by Crippen LogP contribution is 2.21. The van der Waals surface area contributed by atoms with E-state index >= 15 is 0 Å². The van der Waals surface area contributed by atoms with Crippen LogP contribution < -0.4 is 10.6 Å². The van der Waals surface area contributed by atoms with E-state index in [0.717, 1.165) is 30.4 Å². The normalized spacial score (nSPS) is 19.6. The topological polar surface area (TPSA) is 49.8 Å². The van der Waals surface area contributed by atoms with Gasteiger partial charge in [-0.15, -0.1) is 0 Å². The molecule has 1 atom stereocenters. The Kier molecular flexibility index (Phi) is 5.11. The van der Waals surface area contributed by atoms with Gasteiger partial charge < -0.3 is 10.6 Å². The van der Waals surface area contributed by atoms with Crippen LogP contribution >= 0.6 is 11.8 Å². The predicted molar refractivity (Wildman–Crippen MR) is 79.5 cm³/mol. The Bertz CT molecular complexity index is 377. The molecule has 1 aromatic heterocycles. The maximum absolute atomic E-state index is 4.56. The summed E-state index contributed by atoms with van der Waals surface area (Å²) in [6.45, 7) is 5.06. The van der Waals surface area contributed by atoms with Crippen LogP contribution in [0.15, 0.2) is 6.07 Å². The van der Waals surface area contributed by atoms with Gasteiger partial charge in [-0.1, -0.05) is 6.92 Å². The number of nitrogens with one attached hydrogen (secondary N) is 2. The number of hydrogen-bond donors (Lipinski definition) is 2. The van der Waals surface area contributed by atoms with Crippen molar-refractivity contribution in [2.75, 3.05) is 28.7 Å². The molecule has 0 spiro atoms. The van der Waals surface area contributed by atoms with Gasteiger partial charge in [-0.25, -0.2) is 9.97 Å². The standard InChI is InChI=1S/C13H22N4S/c1-3-11-16-12(14-4-2)8-13(17-11)15-10-6-5-7-18-9-10/h8,10H,3-7,9H2,1-2H3,(H2,14,15,16,17). The zero-order valence-electron chi connectivity index (χ0n) is 11.2. The molecule has 18 heavy (non-hydrogen) atoms. The van der Waals surface area contributed by atoms with E-state index in [2.05, 4.69) is 34.4 Å². The van der Waals surface area contributed by atoms with Gasteiger partial charge in [-0.05, 0) is 25.5 Å². The van der Waals surface area contributed by atoms with Gasteiger partial charge in [0.25, 0.3) is 0 Å². The molecule has 5 heteroatoms. The average molecular weight is 266 g/mol. The fourth-order valence-electron chi connectivity index (χ4n) is 2.06. The molecule has 0 aliphatic carbocycles. The molecule has 1 aliphatic heterocycles. The lowest BCUT2D eigenvalue weighted by Gasteiger charge is -2.23. The van der Waals surface area contributed by atoms with Gasteiger partial charge in [0, 0.05) is 30.8 Å². The average Bonchev–Trinajstić information content (AvgIpc) is 2.40. The highest BCUT2D eigenvalue weighted by atomic mass is 32.2. The zero-order valence-corrected chi connectivity index (χ0v) is 12.0. The fraction of sp³-hybridized carbons (Fsp3) is 0.692. The number of anilines is 2. The number of hydrogen-bond acceptors (Lipinski definition) is 5. The first-order valence-corrected chi connectivity index (χ1v) is 7.93. The van der Waals surface area contributed by atoms with Crippen molar-refractivity contribution >= 4 is 23.4 Å². The van der Waals surface area contributed by atoms with Crippen LogP contribution in [0.25, 0.3) is 0 Å². The van der Waals surface area contributed by atoms with E-state index in [1.165, 1.54) is 24.3 Å². The highest BCUT2D eigenvalue weighted by Gasteiger charge is 2.14. The SMILES string of the molecule is CCNc1cc(NC2CCCSC2)nc(CC)n1. The van der Waals surface area contributed by atoms with Crippen molar-refractivity contribution in [3.05, 3.63) is 11.9 Å². The summed E-state index contributed by atoms with van der Waals surface area (Å²) in [5.74, 6) is 5.27. The maximum Gasteiger partial charge on any atom is 0.132 e. The fourth-order valence-corrected chi connectivity index (χ4v) is 3.14. The molecule has 2 N–H and O–H groups in total. The Morgan fingerprint density at radius 1 is 1.33 bits per heavy atom. The largest absolute Gasteiger partial charge is 0.370 e. The van der Waals surface area contributed by atoms with E-state index < -0.39 is 0 Å². The van der Waals surface area contributed by atoms with Crippen molar-refractivity contribution in [1.82, 2.24) is 9.97 Å². The lowest BCUT2D eigenvalue weighted by atomic mass is 10.2. The summed E-state index contributed by atoms with van der Waals surface area (Å²) in [6, 6.07) is 2.57. The van der Waals surface area contributed by atoms with Crippen molar-refractivity contribution in [2.45, 2.75) is 39.2 Å². The van der Waals surface area contributed by atoms with Crippen molar-refractivity contribution in [3.8, 4) is 0 Å². The summed E-state index contributed by atoms with van der Waals surface area (Å²) < 4.78 is 0. The van der Waals surface area contributed by atoms with Gasteiger partial charge in [0.05, 0.1) is 0 Å². The van der Waals surface area contributed by atoms with Gasteiger partial charge in [0.1, 0.15) is 17.5 Å². The molecule has 1 saturated heterocycles. The molecule has 0 amide bonds. The number of aromatic nitrogens is 2. The molecule has 4 nitrogen and oxygen atoms in total. The van der Waals surface area contributed by atoms with Crippen LogP contribution in [0.1, 0.15) is 32.5 Å². The zero-order chi connectivity index (χ0) is 12.8. The Balaban J connectivity index is 2.07. The third-order valence-corrected chi connectivity index (χ3v) is 4.17. The quantitative estimate of drug-likeness (QED) is 0.858. The van der Waals surface area contributed by atoms with Gasteiger partial charge in [-0.2, -0.15) is 11.8 Å². The molecule has 0 aromatic carbocycles. The summed E-state index contributed by atoms with van der Waals surface area (Å²) in [5.41, 5.74) is 0. The number of rotatable bonds is 5. The van der Waals surface area contributed by atoms with E-state index in [9.17, 15) is 0 Å². The third kappa shape index (κ3) is 3.77. The molecular weight excluding hydrogens is 244 g/mol. The molecule has 0 radical (unpaired) electrons. The lowest BCUT2D eigenvalue weighted by molar-refractivity contribution is 0.681. The summed E-state index contributed by atoms with van der Waals surface area (Å²) in [5, 5.41) is 6.81. The van der Waals surface area contributed by atoms with Crippen molar-refractivity contribution < 1.29 is 0 Å². The molecule has 1 fully saturated rings. The lowest BCUT2D eigenvalue weighted by Crippen LogP contribution is -2.26. The molecule has 1 aliphatic rings. The molecule has 1 aromatic rings. The summed E-state index contributed by atoms with van der Waals surface area (Å²) in [7, 11) is 0. The molecule has 1 unspecified atom stereocenters. The summed E-state index contributed by atoms with van der Waals surface area (Å²) in [6.07, 6.45) is 3.41. The van der Waals surface area contributed by atoms with Crippen LogP contribution in [0.5, 0.6) is 0 Å². The Hall–Kier alpha value is -0.970. The van der Waals surface area contributed by atoms with Gasteiger partial charge in [-0.3, -0.25) is 0 Å². The van der Waals surface area contributed by atoms with Gasteiger partial charge >= 0.3 is 0 Å². The van der Waals surface area contributed by atoms with E-state index in [-0.39, 0.29) is 0 Å². The van der Waals surface area contributed by atoms with Crippen LogP contribution in [-0.4, -0.2) is 34.1 Å². The van der Waals surface area contributed by atoms with E-state index in [4.69, 9.17) is 0 Å². The second-order valence-corrected chi connectivity index (χ2v) is 5.65. The van der Waals surface area contributed by atoms with E-state index in [0.29, 0.717) is 6.04 Å². The van der Waals surface area contributed by atoms with Crippen LogP contribution in [0, 0.1) is 0 Å². The monoisotopic (exact) mass is 266 g/mol. The highest BCUT2D eigenvalue weighted by molar-refractivity contribution is 7.99. The van der Waals surface area contributed by atoms with Crippen LogP contribution in [-0.2, 0) is 6.42 Å². The van der Waals surface area contributed by atoms with E-state index in [1.807, 2.05) is 17.8 Å². The molecule has 2 heterocycles. The molecule has 2 rings (SSSR count). The molecule has 100 valence electrons. The number of aryl methyl sites for hydroxylation is 1. The van der Waals surface area contributed by atoms with Gasteiger partial charge in [0.2, 0.25) is 0 Å².